The van der Waals surface area contributed by atoms with Crippen molar-refractivity contribution in [2.75, 3.05) is 29.1 Å². The van der Waals surface area contributed by atoms with E-state index in [-0.39, 0.29) is 18.1 Å². The Balaban J connectivity index is 1.77. The number of nitrogens with one attached hydrogen (secondary N) is 2. The average Bonchev–Trinajstić information content (AvgIpc) is 3.13. The molecule has 1 aliphatic rings. The molecule has 10 nitrogen and oxygen atoms in total. The second kappa shape index (κ2) is 12.3. The van der Waals surface area contributed by atoms with Crippen molar-refractivity contribution >= 4 is 34.9 Å². The molecule has 0 fully saturated rings. The molecule has 2 unspecified atom stereocenters. The molecule has 0 aromatic heterocycles. The number of aliphatic hydroxyl groups is 2. The van der Waals surface area contributed by atoms with Gasteiger partial charge in [0.2, 0.25) is 11.8 Å². The Morgan fingerprint density at radius 1 is 1.05 bits per heavy atom. The third kappa shape index (κ3) is 6.01. The van der Waals surface area contributed by atoms with Gasteiger partial charge in [0, 0.05) is 29.0 Å². The van der Waals surface area contributed by atoms with Gasteiger partial charge in [0.1, 0.15) is 0 Å². The molecule has 8 N–H and O–H groups in total. The number of hydrogen-bond donors (Lipinski definition) is 6. The maximum absolute atomic E-state index is 14.7. The van der Waals surface area contributed by atoms with Gasteiger partial charge in [-0.15, -0.1) is 0 Å². The summed E-state index contributed by atoms with van der Waals surface area (Å²) in [5.74, 6) is -1.91. The maximum atomic E-state index is 14.7. The van der Waals surface area contributed by atoms with Gasteiger partial charge in [-0.25, -0.2) is 9.69 Å². The maximum Gasteiger partial charge on any atom is 0.328 e. The first-order valence-electron chi connectivity index (χ1n) is 13.9. The Labute approximate surface area is 245 Å². The quantitative estimate of drug-likeness (QED) is 0.225. The van der Waals surface area contributed by atoms with Crippen molar-refractivity contribution in [2.45, 2.75) is 45.3 Å². The number of aliphatic hydroxyl groups excluding tert-OH is 2. The van der Waals surface area contributed by atoms with Crippen molar-refractivity contribution in [3.05, 3.63) is 78.4 Å². The van der Waals surface area contributed by atoms with E-state index in [0.717, 1.165) is 21.6 Å². The molecule has 4 amide bonds. The molecule has 1 aliphatic heterocycles. The van der Waals surface area contributed by atoms with Crippen LogP contribution in [0.4, 0.5) is 21.9 Å². The highest BCUT2D eigenvalue weighted by molar-refractivity contribution is 6.17. The number of rotatable bonds is 8. The third-order valence-electron chi connectivity index (χ3n) is 8.28. The highest BCUT2D eigenvalue weighted by Crippen LogP contribution is 2.44. The van der Waals surface area contributed by atoms with Gasteiger partial charge in [0.25, 0.3) is 0 Å². The lowest BCUT2D eigenvalue weighted by atomic mass is 9.62. The summed E-state index contributed by atoms with van der Waals surface area (Å²) < 4.78 is 0. The number of anilines is 3. The minimum atomic E-state index is -1.55. The standard InChI is InChI=1S/C32H39N5O5/c1-31(2,34)32(3,25-17-14-21-8-4-7-11-27(21)36-28(25)40)29(41)37(30(42)35-18-23(39)19-38)22-15-12-20(13-16-22)24-9-5-6-10-26(24)33/h4-13,15-16,23,25,38-39H,14,17-19,33-34H2,1-3H3,(H,35,42)(H,36,40)/t23?,25-,32?/m0/s1. The number of carbonyl (C=O) groups is 3. The van der Waals surface area contributed by atoms with Crippen LogP contribution >= 0.6 is 0 Å². The summed E-state index contributed by atoms with van der Waals surface area (Å²) in [6.45, 7) is 4.10. The number of aryl methyl sites for hydroxylation is 1. The molecule has 3 aromatic rings. The summed E-state index contributed by atoms with van der Waals surface area (Å²) in [6, 6.07) is 20.7. The van der Waals surface area contributed by atoms with E-state index in [4.69, 9.17) is 11.5 Å². The van der Waals surface area contributed by atoms with E-state index in [1.165, 1.54) is 0 Å². The van der Waals surface area contributed by atoms with E-state index in [0.29, 0.717) is 24.2 Å². The number of nitrogens with zero attached hydrogens (tertiary/aromatic N) is 1. The molecule has 1 heterocycles. The molecule has 42 heavy (non-hydrogen) atoms. The Morgan fingerprint density at radius 2 is 1.69 bits per heavy atom. The molecule has 3 aromatic carbocycles. The molecular formula is C32H39N5O5. The summed E-state index contributed by atoms with van der Waals surface area (Å²) in [4.78, 5) is 43.0. The molecular weight excluding hydrogens is 534 g/mol. The average molecular weight is 574 g/mol. The van der Waals surface area contributed by atoms with E-state index in [1.54, 1.807) is 51.1 Å². The second-order valence-corrected chi connectivity index (χ2v) is 11.5. The Bertz CT molecular complexity index is 1450. The fraction of sp³-hybridized carbons (Fsp3) is 0.344. The van der Waals surface area contributed by atoms with E-state index in [9.17, 15) is 24.6 Å². The SMILES string of the molecule is CC(C)(N)C(C)(C(=O)N(C(=O)NCC(O)CO)c1ccc(-c2ccccc2N)cc1)[C@H]1CCc2ccccc2NC1=O. The lowest BCUT2D eigenvalue weighted by Crippen LogP contribution is -2.65. The van der Waals surface area contributed by atoms with Crippen molar-refractivity contribution < 1.29 is 24.6 Å². The number of amides is 4. The molecule has 0 saturated heterocycles. The van der Waals surface area contributed by atoms with Crippen molar-refractivity contribution in [1.29, 1.82) is 0 Å². The number of imide groups is 1. The Hall–Kier alpha value is -4.25. The topological polar surface area (TPSA) is 171 Å². The fourth-order valence-corrected chi connectivity index (χ4v) is 5.39. The molecule has 4 rings (SSSR count). The molecule has 3 atom stereocenters. The number of carbonyl (C=O) groups excluding carboxylic acids is 3. The lowest BCUT2D eigenvalue weighted by Gasteiger charge is -2.46. The van der Waals surface area contributed by atoms with Gasteiger partial charge in [0.15, 0.2) is 0 Å². The first-order chi connectivity index (χ1) is 19.9. The zero-order chi connectivity index (χ0) is 30.7. The number of benzene rings is 3. The summed E-state index contributed by atoms with van der Waals surface area (Å²) >= 11 is 0. The number of urea groups is 1. The highest BCUT2D eigenvalue weighted by Gasteiger charge is 2.56. The predicted molar refractivity (Wildman–Crippen MR) is 164 cm³/mol. The fourth-order valence-electron chi connectivity index (χ4n) is 5.39. The number of hydrogen-bond acceptors (Lipinski definition) is 7. The molecule has 0 saturated carbocycles. The van der Waals surface area contributed by atoms with Crippen molar-refractivity contribution in [2.24, 2.45) is 17.1 Å². The Kier molecular flexibility index (Phi) is 9.00. The van der Waals surface area contributed by atoms with E-state index in [1.807, 2.05) is 42.5 Å². The summed E-state index contributed by atoms with van der Waals surface area (Å²) in [5.41, 5.74) is 14.1. The van der Waals surface area contributed by atoms with Crippen LogP contribution in [0.5, 0.6) is 0 Å². The van der Waals surface area contributed by atoms with Crippen LogP contribution < -0.4 is 27.0 Å². The van der Waals surface area contributed by atoms with Crippen LogP contribution in [0.2, 0.25) is 0 Å². The molecule has 0 radical (unpaired) electrons. The minimum Gasteiger partial charge on any atom is -0.398 e. The van der Waals surface area contributed by atoms with Gasteiger partial charge in [0.05, 0.1) is 29.7 Å². The van der Waals surface area contributed by atoms with Gasteiger partial charge >= 0.3 is 6.03 Å². The van der Waals surface area contributed by atoms with Crippen molar-refractivity contribution in [3.8, 4) is 11.1 Å². The summed E-state index contributed by atoms with van der Waals surface area (Å²) in [7, 11) is 0. The summed E-state index contributed by atoms with van der Waals surface area (Å²) in [6.07, 6.45) is -0.366. The molecule has 0 bridgehead atoms. The van der Waals surface area contributed by atoms with E-state index in [2.05, 4.69) is 10.6 Å². The number of fused-ring (bicyclic) bond motifs is 1. The van der Waals surface area contributed by atoms with Gasteiger partial charge < -0.3 is 32.3 Å². The van der Waals surface area contributed by atoms with Gasteiger partial charge in [-0.2, -0.15) is 0 Å². The first-order valence-corrected chi connectivity index (χ1v) is 13.9. The molecule has 0 aliphatic carbocycles. The first kappa shape index (κ1) is 30.7. The van der Waals surface area contributed by atoms with Gasteiger partial charge in [-0.05, 0) is 69.0 Å². The predicted octanol–water partition coefficient (Wildman–Crippen LogP) is 3.28. The van der Waals surface area contributed by atoms with Crippen LogP contribution in [-0.4, -0.2) is 52.9 Å². The number of nitrogens with two attached hydrogens (primary N) is 2. The normalized spacial score (nSPS) is 17.2. The third-order valence-corrected chi connectivity index (χ3v) is 8.28. The van der Waals surface area contributed by atoms with Gasteiger partial charge in [-0.1, -0.05) is 48.5 Å². The number of nitrogen functional groups attached to an aromatic ring is 1. The Morgan fingerprint density at radius 3 is 2.33 bits per heavy atom. The van der Waals surface area contributed by atoms with Crippen LogP contribution in [0.25, 0.3) is 11.1 Å². The van der Waals surface area contributed by atoms with E-state index >= 15 is 0 Å². The highest BCUT2D eigenvalue weighted by atomic mass is 16.3. The zero-order valence-electron chi connectivity index (χ0n) is 24.1. The van der Waals surface area contributed by atoms with Crippen LogP contribution in [0.15, 0.2) is 72.8 Å². The smallest absolute Gasteiger partial charge is 0.328 e. The van der Waals surface area contributed by atoms with Crippen LogP contribution in [0.1, 0.15) is 32.8 Å². The molecule has 0 spiro atoms. The summed E-state index contributed by atoms with van der Waals surface area (Å²) in [5, 5.41) is 24.6. The van der Waals surface area contributed by atoms with Crippen molar-refractivity contribution in [1.82, 2.24) is 5.32 Å². The van der Waals surface area contributed by atoms with E-state index < -0.39 is 41.5 Å². The van der Waals surface area contributed by atoms with Crippen LogP contribution in [0, 0.1) is 11.3 Å². The largest absolute Gasteiger partial charge is 0.398 e. The minimum absolute atomic E-state index is 0.238. The second-order valence-electron chi connectivity index (χ2n) is 11.5. The monoisotopic (exact) mass is 573 g/mol. The zero-order valence-corrected chi connectivity index (χ0v) is 24.1. The van der Waals surface area contributed by atoms with Crippen molar-refractivity contribution in [3.63, 3.8) is 0 Å². The van der Waals surface area contributed by atoms with Crippen LogP contribution in [-0.2, 0) is 16.0 Å². The molecule has 10 heteroatoms. The van der Waals surface area contributed by atoms with Gasteiger partial charge in [-0.3, -0.25) is 9.59 Å². The lowest BCUT2D eigenvalue weighted by molar-refractivity contribution is -0.141. The number of para-hydroxylation sites is 2. The molecule has 222 valence electrons. The van der Waals surface area contributed by atoms with Crippen LogP contribution in [0.3, 0.4) is 0 Å².